The number of carboxylic acid groups (broad SMARTS) is 1. The van der Waals surface area contributed by atoms with Crippen LogP contribution >= 0.6 is 11.6 Å². The van der Waals surface area contributed by atoms with Gasteiger partial charge in [-0.25, -0.2) is 14.2 Å². The van der Waals surface area contributed by atoms with E-state index in [1.807, 2.05) is 6.07 Å². The molecule has 0 saturated carbocycles. The summed E-state index contributed by atoms with van der Waals surface area (Å²) in [6, 6.07) is 20.2. The van der Waals surface area contributed by atoms with Gasteiger partial charge in [0.15, 0.2) is 6.10 Å². The van der Waals surface area contributed by atoms with E-state index in [2.05, 4.69) is 5.32 Å². The zero-order chi connectivity index (χ0) is 22.0. The normalized spacial score (nSPS) is 20.5. The van der Waals surface area contributed by atoms with Gasteiger partial charge in [-0.1, -0.05) is 41.9 Å². The standard InChI is InChI=1S/C23H18ClFN2O4/c24-15-8-6-14(7-9-15)20-19(22(28)26-17-12-10-16(25)11-13-17)21(23(29)30)31-27(20)18-4-2-1-3-5-18/h1-13,19-21H,(H,26,28)(H,29,30). The predicted molar refractivity (Wildman–Crippen MR) is 114 cm³/mol. The molecule has 2 N–H and O–H groups in total. The molecule has 1 amide bonds. The van der Waals surface area contributed by atoms with Gasteiger partial charge in [0.25, 0.3) is 0 Å². The molecule has 1 fully saturated rings. The number of hydroxylamine groups is 1. The van der Waals surface area contributed by atoms with Gasteiger partial charge in [0.05, 0.1) is 11.7 Å². The molecule has 0 radical (unpaired) electrons. The Labute approximate surface area is 182 Å². The van der Waals surface area contributed by atoms with Gasteiger partial charge in [-0.2, -0.15) is 0 Å². The van der Waals surface area contributed by atoms with Crippen molar-refractivity contribution in [1.29, 1.82) is 0 Å². The Morgan fingerprint density at radius 2 is 1.61 bits per heavy atom. The first kappa shape index (κ1) is 20.8. The lowest BCUT2D eigenvalue weighted by atomic mass is 9.88. The number of carbonyl (C=O) groups excluding carboxylic acids is 1. The Morgan fingerprint density at radius 1 is 0.968 bits per heavy atom. The van der Waals surface area contributed by atoms with Crippen molar-refractivity contribution >= 4 is 34.9 Å². The van der Waals surface area contributed by atoms with Crippen molar-refractivity contribution in [1.82, 2.24) is 0 Å². The third-order valence-electron chi connectivity index (χ3n) is 5.03. The lowest BCUT2D eigenvalue weighted by Crippen LogP contribution is -2.37. The van der Waals surface area contributed by atoms with Crippen LogP contribution in [0.5, 0.6) is 0 Å². The fraction of sp³-hybridized carbons (Fsp3) is 0.130. The first-order valence-corrected chi connectivity index (χ1v) is 9.87. The van der Waals surface area contributed by atoms with Gasteiger partial charge in [0.2, 0.25) is 5.91 Å². The number of aliphatic carboxylic acids is 1. The molecule has 0 bridgehead atoms. The second-order valence-electron chi connectivity index (χ2n) is 7.04. The van der Waals surface area contributed by atoms with E-state index in [4.69, 9.17) is 16.4 Å². The second-order valence-corrected chi connectivity index (χ2v) is 7.48. The number of para-hydroxylation sites is 1. The van der Waals surface area contributed by atoms with Crippen LogP contribution in [0.25, 0.3) is 0 Å². The van der Waals surface area contributed by atoms with Gasteiger partial charge in [0, 0.05) is 10.7 Å². The average Bonchev–Trinajstić information content (AvgIpc) is 3.18. The first-order chi connectivity index (χ1) is 14.9. The van der Waals surface area contributed by atoms with Gasteiger partial charge in [0.1, 0.15) is 11.7 Å². The van der Waals surface area contributed by atoms with Crippen LogP contribution in [-0.4, -0.2) is 23.1 Å². The Bertz CT molecular complexity index is 1080. The van der Waals surface area contributed by atoms with Crippen molar-refractivity contribution in [3.8, 4) is 0 Å². The number of hydrogen-bond acceptors (Lipinski definition) is 4. The summed E-state index contributed by atoms with van der Waals surface area (Å²) < 4.78 is 13.2. The number of rotatable bonds is 5. The van der Waals surface area contributed by atoms with Crippen LogP contribution in [0.1, 0.15) is 11.6 Å². The van der Waals surface area contributed by atoms with Crippen LogP contribution in [0, 0.1) is 11.7 Å². The number of amides is 1. The van der Waals surface area contributed by atoms with Crippen molar-refractivity contribution in [3.05, 3.63) is 95.3 Å². The van der Waals surface area contributed by atoms with E-state index in [9.17, 15) is 19.1 Å². The first-order valence-electron chi connectivity index (χ1n) is 9.50. The number of benzene rings is 3. The molecule has 1 aliphatic rings. The lowest BCUT2D eigenvalue weighted by Gasteiger charge is -2.27. The topological polar surface area (TPSA) is 78.9 Å². The third-order valence-corrected chi connectivity index (χ3v) is 5.28. The lowest BCUT2D eigenvalue weighted by molar-refractivity contribution is -0.151. The average molecular weight is 441 g/mol. The van der Waals surface area contributed by atoms with Crippen molar-refractivity contribution in [2.24, 2.45) is 5.92 Å². The van der Waals surface area contributed by atoms with Crippen molar-refractivity contribution in [2.75, 3.05) is 10.4 Å². The van der Waals surface area contributed by atoms with Crippen molar-refractivity contribution in [2.45, 2.75) is 12.1 Å². The molecule has 3 unspecified atom stereocenters. The highest BCUT2D eigenvalue weighted by Crippen LogP contribution is 2.43. The number of nitrogens with one attached hydrogen (secondary N) is 1. The Kier molecular flexibility index (Phi) is 5.88. The molecule has 4 rings (SSSR count). The fourth-order valence-corrected chi connectivity index (χ4v) is 3.73. The molecule has 6 nitrogen and oxygen atoms in total. The maximum absolute atomic E-state index is 13.2. The summed E-state index contributed by atoms with van der Waals surface area (Å²) in [4.78, 5) is 31.0. The summed E-state index contributed by atoms with van der Waals surface area (Å²) in [5.41, 5.74) is 1.62. The summed E-state index contributed by atoms with van der Waals surface area (Å²) in [6.07, 6.45) is -1.43. The molecular weight excluding hydrogens is 423 g/mol. The molecular formula is C23H18ClFN2O4. The van der Waals surface area contributed by atoms with Crippen LogP contribution in [0.4, 0.5) is 15.8 Å². The largest absolute Gasteiger partial charge is 0.479 e. The second kappa shape index (κ2) is 8.75. The maximum Gasteiger partial charge on any atom is 0.336 e. The summed E-state index contributed by atoms with van der Waals surface area (Å²) in [5, 5.41) is 14.4. The van der Waals surface area contributed by atoms with Gasteiger partial charge in [-0.3, -0.25) is 9.63 Å². The number of halogens is 2. The molecule has 3 atom stereocenters. The van der Waals surface area contributed by atoms with Crippen LogP contribution in [0.15, 0.2) is 78.9 Å². The molecule has 0 aromatic heterocycles. The number of hydrogen-bond donors (Lipinski definition) is 2. The molecule has 0 aliphatic carbocycles. The Morgan fingerprint density at radius 3 is 2.23 bits per heavy atom. The quantitative estimate of drug-likeness (QED) is 0.602. The van der Waals surface area contributed by atoms with E-state index in [-0.39, 0.29) is 0 Å². The number of anilines is 2. The van der Waals surface area contributed by atoms with E-state index in [1.54, 1.807) is 48.5 Å². The van der Waals surface area contributed by atoms with E-state index in [0.717, 1.165) is 0 Å². The molecule has 1 heterocycles. The summed E-state index contributed by atoms with van der Waals surface area (Å²) in [7, 11) is 0. The van der Waals surface area contributed by atoms with Gasteiger partial charge in [-0.15, -0.1) is 0 Å². The summed E-state index contributed by atoms with van der Waals surface area (Å²) in [6.45, 7) is 0. The zero-order valence-corrected chi connectivity index (χ0v) is 16.9. The predicted octanol–water partition coefficient (Wildman–Crippen LogP) is 4.68. The van der Waals surface area contributed by atoms with Crippen LogP contribution in [-0.2, 0) is 14.4 Å². The number of carbonyl (C=O) groups is 2. The van der Waals surface area contributed by atoms with Gasteiger partial charge in [-0.05, 0) is 54.1 Å². The van der Waals surface area contributed by atoms with E-state index >= 15 is 0 Å². The zero-order valence-electron chi connectivity index (χ0n) is 16.1. The number of carboxylic acids is 1. The molecule has 0 spiro atoms. The third kappa shape index (κ3) is 4.38. The highest BCUT2D eigenvalue weighted by Gasteiger charge is 2.52. The minimum absolute atomic E-state index is 0.351. The number of nitrogens with zero attached hydrogens (tertiary/aromatic N) is 1. The molecule has 1 aliphatic heterocycles. The summed E-state index contributed by atoms with van der Waals surface area (Å²) >= 11 is 6.02. The van der Waals surface area contributed by atoms with Crippen LogP contribution in [0.2, 0.25) is 5.02 Å². The highest BCUT2D eigenvalue weighted by atomic mass is 35.5. The van der Waals surface area contributed by atoms with E-state index < -0.39 is 35.8 Å². The SMILES string of the molecule is O=C(O)C1ON(c2ccccc2)C(c2ccc(Cl)cc2)C1C(=O)Nc1ccc(F)cc1. The molecule has 158 valence electrons. The Hall–Kier alpha value is -3.42. The summed E-state index contributed by atoms with van der Waals surface area (Å²) in [5.74, 6) is -3.36. The fourth-order valence-electron chi connectivity index (χ4n) is 3.60. The molecule has 8 heteroatoms. The maximum atomic E-state index is 13.2. The molecule has 3 aromatic rings. The van der Waals surface area contributed by atoms with E-state index in [1.165, 1.54) is 29.3 Å². The van der Waals surface area contributed by atoms with Gasteiger partial charge < -0.3 is 10.4 Å². The minimum atomic E-state index is -1.43. The smallest absolute Gasteiger partial charge is 0.336 e. The van der Waals surface area contributed by atoms with E-state index in [0.29, 0.717) is 22.0 Å². The molecule has 3 aromatic carbocycles. The van der Waals surface area contributed by atoms with Gasteiger partial charge >= 0.3 is 5.97 Å². The molecule has 31 heavy (non-hydrogen) atoms. The van der Waals surface area contributed by atoms with Crippen LogP contribution < -0.4 is 10.4 Å². The Balaban J connectivity index is 1.75. The van der Waals surface area contributed by atoms with Crippen LogP contribution in [0.3, 0.4) is 0 Å². The highest BCUT2D eigenvalue weighted by molar-refractivity contribution is 6.30. The molecule has 1 saturated heterocycles. The monoisotopic (exact) mass is 440 g/mol. The minimum Gasteiger partial charge on any atom is -0.479 e. The van der Waals surface area contributed by atoms with Crippen molar-refractivity contribution < 1.29 is 23.9 Å². The van der Waals surface area contributed by atoms with Crippen molar-refractivity contribution in [3.63, 3.8) is 0 Å².